The van der Waals surface area contributed by atoms with Gasteiger partial charge in [0.1, 0.15) is 5.60 Å². The summed E-state index contributed by atoms with van der Waals surface area (Å²) in [5, 5.41) is 2.86. The number of carbonyl (C=O) groups is 2. The molecule has 5 nitrogen and oxygen atoms in total. The molecule has 2 atom stereocenters. The van der Waals surface area contributed by atoms with Gasteiger partial charge in [-0.1, -0.05) is 6.92 Å². The number of nitrogens with one attached hydrogen (secondary N) is 1. The molecule has 1 saturated heterocycles. The largest absolute Gasteiger partial charge is 0.444 e. The first-order valence-corrected chi connectivity index (χ1v) is 7.11. The minimum absolute atomic E-state index is 0.138. The zero-order valence-electron chi connectivity index (χ0n) is 12.1. The molecule has 0 aromatic carbocycles. The van der Waals surface area contributed by atoms with Crippen LogP contribution in [-0.2, 0) is 9.53 Å². The van der Waals surface area contributed by atoms with Crippen LogP contribution in [0, 0.1) is 5.92 Å². The molecular weight excluding hydrogens is 264 g/mol. The molecule has 0 radical (unpaired) electrons. The molecule has 0 aromatic heterocycles. The van der Waals surface area contributed by atoms with Crippen LogP contribution >= 0.6 is 12.6 Å². The van der Waals surface area contributed by atoms with E-state index in [4.69, 9.17) is 4.74 Å². The standard InChI is InChI=1S/C13H24N2O3S/c1-9(6-14-12(17)18-13(2,3)4)7-15-8-10(19)5-11(15)16/h9-10,19H,5-8H2,1-4H3,(H,14,17). The Morgan fingerprint density at radius 1 is 1.58 bits per heavy atom. The highest BCUT2D eigenvalue weighted by molar-refractivity contribution is 7.81. The number of nitrogens with zero attached hydrogens (tertiary/aromatic N) is 1. The van der Waals surface area contributed by atoms with Crippen LogP contribution in [0.25, 0.3) is 0 Å². The van der Waals surface area contributed by atoms with Gasteiger partial charge in [0.05, 0.1) is 0 Å². The van der Waals surface area contributed by atoms with E-state index in [1.165, 1.54) is 0 Å². The Kier molecular flexibility index (Phi) is 5.52. The summed E-state index contributed by atoms with van der Waals surface area (Å²) in [7, 11) is 0. The molecule has 0 saturated carbocycles. The van der Waals surface area contributed by atoms with Crippen LogP contribution in [0.5, 0.6) is 0 Å². The summed E-state index contributed by atoms with van der Waals surface area (Å²) in [6, 6.07) is 0. The zero-order chi connectivity index (χ0) is 14.6. The highest BCUT2D eigenvalue weighted by Gasteiger charge is 2.28. The molecular formula is C13H24N2O3S. The normalized spacial score (nSPS) is 21.4. The number of hydrogen-bond donors (Lipinski definition) is 2. The first-order chi connectivity index (χ1) is 8.67. The van der Waals surface area contributed by atoms with Gasteiger partial charge in [0, 0.05) is 31.3 Å². The van der Waals surface area contributed by atoms with E-state index in [0.717, 1.165) is 0 Å². The molecule has 1 N–H and O–H groups in total. The molecule has 19 heavy (non-hydrogen) atoms. The van der Waals surface area contributed by atoms with E-state index in [0.29, 0.717) is 26.1 Å². The summed E-state index contributed by atoms with van der Waals surface area (Å²) >= 11 is 4.31. The number of thiol groups is 1. The summed E-state index contributed by atoms with van der Waals surface area (Å²) < 4.78 is 5.15. The van der Waals surface area contributed by atoms with Crippen LogP contribution in [-0.4, -0.2) is 47.4 Å². The maximum Gasteiger partial charge on any atom is 0.407 e. The van der Waals surface area contributed by atoms with Crippen LogP contribution in [0.1, 0.15) is 34.1 Å². The minimum Gasteiger partial charge on any atom is -0.444 e. The lowest BCUT2D eigenvalue weighted by atomic mass is 10.1. The second-order valence-electron chi connectivity index (χ2n) is 6.14. The third kappa shape index (κ3) is 6.18. The number of likely N-dealkylation sites (tertiary alicyclic amines) is 1. The van der Waals surface area contributed by atoms with Crippen molar-refractivity contribution in [1.82, 2.24) is 10.2 Å². The lowest BCUT2D eigenvalue weighted by molar-refractivity contribution is -0.128. The van der Waals surface area contributed by atoms with Gasteiger partial charge in [-0.05, 0) is 26.7 Å². The molecule has 0 bridgehead atoms. The van der Waals surface area contributed by atoms with Gasteiger partial charge in [-0.15, -0.1) is 0 Å². The predicted octanol–water partition coefficient (Wildman–Crippen LogP) is 1.68. The van der Waals surface area contributed by atoms with Crippen LogP contribution in [0.15, 0.2) is 0 Å². The smallest absolute Gasteiger partial charge is 0.407 e. The molecule has 1 heterocycles. The second-order valence-corrected chi connectivity index (χ2v) is 6.87. The average molecular weight is 288 g/mol. The van der Waals surface area contributed by atoms with Crippen LogP contribution < -0.4 is 5.32 Å². The zero-order valence-corrected chi connectivity index (χ0v) is 13.0. The Morgan fingerprint density at radius 3 is 2.68 bits per heavy atom. The second kappa shape index (κ2) is 6.50. The fourth-order valence-corrected chi connectivity index (χ4v) is 2.29. The van der Waals surface area contributed by atoms with E-state index in [9.17, 15) is 9.59 Å². The maximum absolute atomic E-state index is 11.6. The van der Waals surface area contributed by atoms with E-state index in [1.54, 1.807) is 4.90 Å². The summed E-state index contributed by atoms with van der Waals surface area (Å²) in [6.45, 7) is 9.31. The first kappa shape index (κ1) is 16.1. The Hall–Kier alpha value is -0.910. The molecule has 6 heteroatoms. The van der Waals surface area contributed by atoms with E-state index >= 15 is 0 Å². The van der Waals surface area contributed by atoms with Crippen LogP contribution in [0.4, 0.5) is 4.79 Å². The summed E-state index contributed by atoms with van der Waals surface area (Å²) in [5.74, 6) is 0.333. The van der Waals surface area contributed by atoms with Crippen molar-refractivity contribution in [2.24, 2.45) is 5.92 Å². The number of ether oxygens (including phenoxy) is 1. The molecule has 1 aliphatic rings. The molecule has 1 fully saturated rings. The summed E-state index contributed by atoms with van der Waals surface area (Å²) in [6.07, 6.45) is 0.0918. The van der Waals surface area contributed by atoms with Crippen molar-refractivity contribution in [2.45, 2.75) is 45.0 Å². The van der Waals surface area contributed by atoms with Gasteiger partial charge in [-0.2, -0.15) is 12.6 Å². The molecule has 110 valence electrons. The highest BCUT2D eigenvalue weighted by atomic mass is 32.1. The molecule has 1 rings (SSSR count). The number of amides is 2. The fraction of sp³-hybridized carbons (Fsp3) is 0.846. The number of alkyl carbamates (subject to hydrolysis) is 1. The van der Waals surface area contributed by atoms with Crippen molar-refractivity contribution in [2.75, 3.05) is 19.6 Å². The van der Waals surface area contributed by atoms with Gasteiger partial charge in [0.2, 0.25) is 5.91 Å². The Morgan fingerprint density at radius 2 is 2.21 bits per heavy atom. The number of rotatable bonds is 4. The third-order valence-corrected chi connectivity index (χ3v) is 3.07. The lowest BCUT2D eigenvalue weighted by Crippen LogP contribution is -2.38. The van der Waals surface area contributed by atoms with E-state index < -0.39 is 11.7 Å². The molecule has 2 amide bonds. The minimum atomic E-state index is -0.489. The Balaban J connectivity index is 2.26. The van der Waals surface area contributed by atoms with Gasteiger partial charge in [0.15, 0.2) is 0 Å². The predicted molar refractivity (Wildman–Crippen MR) is 77.4 cm³/mol. The lowest BCUT2D eigenvalue weighted by Gasteiger charge is -2.23. The summed E-state index contributed by atoms with van der Waals surface area (Å²) in [4.78, 5) is 24.9. The van der Waals surface area contributed by atoms with Crippen molar-refractivity contribution in [3.63, 3.8) is 0 Å². The monoisotopic (exact) mass is 288 g/mol. The van der Waals surface area contributed by atoms with Gasteiger partial charge >= 0.3 is 6.09 Å². The van der Waals surface area contributed by atoms with Gasteiger partial charge < -0.3 is 15.0 Å². The van der Waals surface area contributed by atoms with Crippen LogP contribution in [0.3, 0.4) is 0 Å². The number of carbonyl (C=O) groups excluding carboxylic acids is 2. The Bertz CT molecular complexity index is 341. The molecule has 0 aromatic rings. The molecule has 0 aliphatic carbocycles. The fourth-order valence-electron chi connectivity index (χ4n) is 1.94. The van der Waals surface area contributed by atoms with Crippen molar-refractivity contribution < 1.29 is 14.3 Å². The molecule has 0 spiro atoms. The Labute approximate surface area is 120 Å². The maximum atomic E-state index is 11.6. The van der Waals surface area contributed by atoms with Crippen LogP contribution in [0.2, 0.25) is 0 Å². The van der Waals surface area contributed by atoms with E-state index in [2.05, 4.69) is 17.9 Å². The molecule has 1 aliphatic heterocycles. The van der Waals surface area contributed by atoms with E-state index in [-0.39, 0.29) is 17.1 Å². The van der Waals surface area contributed by atoms with Crippen molar-refractivity contribution in [3.05, 3.63) is 0 Å². The highest BCUT2D eigenvalue weighted by Crippen LogP contribution is 2.17. The summed E-state index contributed by atoms with van der Waals surface area (Å²) in [5.41, 5.74) is -0.489. The number of hydrogen-bond acceptors (Lipinski definition) is 4. The third-order valence-electron chi connectivity index (χ3n) is 2.72. The van der Waals surface area contributed by atoms with Crippen molar-refractivity contribution in [1.29, 1.82) is 0 Å². The van der Waals surface area contributed by atoms with Gasteiger partial charge in [0.25, 0.3) is 0 Å². The quantitative estimate of drug-likeness (QED) is 0.774. The average Bonchev–Trinajstić information content (AvgIpc) is 2.52. The van der Waals surface area contributed by atoms with Gasteiger partial charge in [-0.3, -0.25) is 4.79 Å². The van der Waals surface area contributed by atoms with E-state index in [1.807, 2.05) is 27.7 Å². The van der Waals surface area contributed by atoms with Crippen molar-refractivity contribution in [3.8, 4) is 0 Å². The van der Waals surface area contributed by atoms with Gasteiger partial charge in [-0.25, -0.2) is 4.79 Å². The first-order valence-electron chi connectivity index (χ1n) is 6.60. The van der Waals surface area contributed by atoms with Crippen molar-refractivity contribution >= 4 is 24.6 Å². The topological polar surface area (TPSA) is 58.6 Å². The SMILES string of the molecule is CC(CNC(=O)OC(C)(C)C)CN1CC(S)CC1=O. The molecule has 2 unspecified atom stereocenters.